The van der Waals surface area contributed by atoms with Crippen LogP contribution in [-0.4, -0.2) is 28.6 Å². The van der Waals surface area contributed by atoms with Gasteiger partial charge in [0.25, 0.3) is 0 Å². The molecule has 0 radical (unpaired) electrons. The number of anilines is 1. The largest absolute Gasteiger partial charge is 0.462 e. The van der Waals surface area contributed by atoms with E-state index in [-0.39, 0.29) is 11.0 Å². The fourth-order valence-electron chi connectivity index (χ4n) is 1.12. The van der Waals surface area contributed by atoms with Crippen molar-refractivity contribution in [2.24, 2.45) is 0 Å². The molecule has 1 aromatic heterocycles. The number of hydrogen-bond donors (Lipinski definition) is 2. The summed E-state index contributed by atoms with van der Waals surface area (Å²) in [5.74, 6) is -0.683. The van der Waals surface area contributed by atoms with E-state index in [0.29, 0.717) is 22.3 Å². The summed E-state index contributed by atoms with van der Waals surface area (Å²) in [6, 6.07) is 0. The van der Waals surface area contributed by atoms with Crippen LogP contribution in [0, 0.1) is 6.92 Å². The van der Waals surface area contributed by atoms with Gasteiger partial charge in [0.2, 0.25) is 5.91 Å². The Hall–Kier alpha value is -1.54. The number of rotatable bonds is 3. The highest BCUT2D eigenvalue weighted by atomic mass is 32.1. The van der Waals surface area contributed by atoms with Gasteiger partial charge in [0.05, 0.1) is 12.3 Å². The molecule has 1 rings (SSSR count). The van der Waals surface area contributed by atoms with Crippen molar-refractivity contribution < 1.29 is 14.3 Å². The van der Waals surface area contributed by atoms with E-state index in [2.05, 4.69) is 15.6 Å². The predicted molar refractivity (Wildman–Crippen MR) is 72.8 cm³/mol. The van der Waals surface area contributed by atoms with Crippen LogP contribution in [0.25, 0.3) is 0 Å². The van der Waals surface area contributed by atoms with Gasteiger partial charge in [-0.3, -0.25) is 4.79 Å². The van der Waals surface area contributed by atoms with Gasteiger partial charge >= 0.3 is 5.97 Å². The van der Waals surface area contributed by atoms with E-state index in [1.165, 1.54) is 6.92 Å². The molecule has 0 aliphatic rings. The molecule has 0 aliphatic heterocycles. The molecule has 0 saturated heterocycles. The van der Waals surface area contributed by atoms with E-state index in [1.807, 2.05) is 0 Å². The zero-order chi connectivity index (χ0) is 13.7. The number of thiocarbonyl (C=S) groups is 1. The molecule has 98 valence electrons. The first-order valence-electron chi connectivity index (χ1n) is 5.17. The monoisotopic (exact) mass is 287 g/mol. The van der Waals surface area contributed by atoms with Crippen molar-refractivity contribution in [1.29, 1.82) is 0 Å². The summed E-state index contributed by atoms with van der Waals surface area (Å²) in [7, 11) is 0. The smallest absolute Gasteiger partial charge is 0.350 e. The molecule has 0 aliphatic carbocycles. The number of carbonyl (C=O) groups is 2. The SMILES string of the molecule is CCOC(=O)c1sc(NC(=S)NC(C)=O)nc1C. The van der Waals surface area contributed by atoms with Gasteiger partial charge in [-0.25, -0.2) is 9.78 Å². The van der Waals surface area contributed by atoms with E-state index in [4.69, 9.17) is 17.0 Å². The first-order valence-corrected chi connectivity index (χ1v) is 6.39. The van der Waals surface area contributed by atoms with Gasteiger partial charge in [0, 0.05) is 6.92 Å². The van der Waals surface area contributed by atoms with Gasteiger partial charge in [-0.2, -0.15) is 0 Å². The Labute approximate surface area is 114 Å². The number of thiazole rings is 1. The van der Waals surface area contributed by atoms with Crippen molar-refractivity contribution in [2.75, 3.05) is 11.9 Å². The third kappa shape index (κ3) is 4.04. The number of hydrogen-bond acceptors (Lipinski definition) is 6. The normalized spacial score (nSPS) is 9.72. The molecular weight excluding hydrogens is 274 g/mol. The molecule has 1 amide bonds. The second-order valence-electron chi connectivity index (χ2n) is 3.29. The van der Waals surface area contributed by atoms with E-state index in [1.54, 1.807) is 13.8 Å². The number of carbonyl (C=O) groups excluding carboxylic acids is 2. The Bertz CT molecular complexity index is 485. The molecule has 0 unspecified atom stereocenters. The first-order chi connectivity index (χ1) is 8.43. The minimum atomic E-state index is -0.411. The number of esters is 1. The van der Waals surface area contributed by atoms with Gasteiger partial charge < -0.3 is 15.4 Å². The number of aromatic nitrogens is 1. The van der Waals surface area contributed by atoms with Crippen LogP contribution in [-0.2, 0) is 9.53 Å². The lowest BCUT2D eigenvalue weighted by atomic mass is 10.4. The lowest BCUT2D eigenvalue weighted by Crippen LogP contribution is -2.32. The summed E-state index contributed by atoms with van der Waals surface area (Å²) in [5, 5.41) is 5.72. The molecule has 0 bridgehead atoms. The quantitative estimate of drug-likeness (QED) is 0.647. The number of aryl methyl sites for hydroxylation is 1. The summed E-state index contributed by atoms with van der Waals surface area (Å²) >= 11 is 6.02. The number of nitrogens with zero attached hydrogens (tertiary/aromatic N) is 1. The second-order valence-corrected chi connectivity index (χ2v) is 4.70. The zero-order valence-corrected chi connectivity index (χ0v) is 11.8. The molecule has 6 nitrogen and oxygen atoms in total. The van der Waals surface area contributed by atoms with Gasteiger partial charge in [-0.05, 0) is 26.1 Å². The molecule has 1 heterocycles. The maximum atomic E-state index is 11.6. The van der Waals surface area contributed by atoms with E-state index in [9.17, 15) is 9.59 Å². The second kappa shape index (κ2) is 6.41. The molecule has 0 saturated carbocycles. The Balaban J connectivity index is 2.75. The van der Waals surface area contributed by atoms with Crippen LogP contribution in [0.4, 0.5) is 5.13 Å². The fraction of sp³-hybridized carbons (Fsp3) is 0.400. The standard InChI is InChI=1S/C10H13N3O3S2/c1-4-16-8(15)7-5(2)11-10(18-7)13-9(17)12-6(3)14/h4H2,1-3H3,(H2,11,12,13,14,17). The third-order valence-electron chi connectivity index (χ3n) is 1.77. The Morgan fingerprint density at radius 2 is 2.17 bits per heavy atom. The van der Waals surface area contributed by atoms with Crippen LogP contribution in [0.1, 0.15) is 29.2 Å². The molecule has 0 spiro atoms. The highest BCUT2D eigenvalue weighted by Gasteiger charge is 2.16. The zero-order valence-electron chi connectivity index (χ0n) is 10.2. The molecule has 0 atom stereocenters. The maximum Gasteiger partial charge on any atom is 0.350 e. The van der Waals surface area contributed by atoms with Crippen molar-refractivity contribution in [1.82, 2.24) is 10.3 Å². The average molecular weight is 287 g/mol. The van der Waals surface area contributed by atoms with Gasteiger partial charge in [0.15, 0.2) is 10.2 Å². The number of amides is 1. The van der Waals surface area contributed by atoms with Crippen molar-refractivity contribution in [2.45, 2.75) is 20.8 Å². The summed E-state index contributed by atoms with van der Waals surface area (Å²) in [6.45, 7) is 5.10. The van der Waals surface area contributed by atoms with Crippen molar-refractivity contribution in [3.8, 4) is 0 Å². The van der Waals surface area contributed by atoms with Crippen molar-refractivity contribution in [3.63, 3.8) is 0 Å². The summed E-state index contributed by atoms with van der Waals surface area (Å²) in [6.07, 6.45) is 0. The van der Waals surface area contributed by atoms with Crippen molar-refractivity contribution >= 4 is 45.7 Å². The Morgan fingerprint density at radius 3 is 2.72 bits per heavy atom. The van der Waals surface area contributed by atoms with Crippen LogP contribution in [0.2, 0.25) is 0 Å². The van der Waals surface area contributed by atoms with E-state index in [0.717, 1.165) is 11.3 Å². The predicted octanol–water partition coefficient (Wildman–Crippen LogP) is 1.46. The molecule has 8 heteroatoms. The summed E-state index contributed by atoms with van der Waals surface area (Å²) < 4.78 is 4.89. The van der Waals surface area contributed by atoms with Gasteiger partial charge in [0.1, 0.15) is 4.88 Å². The highest BCUT2D eigenvalue weighted by Crippen LogP contribution is 2.23. The van der Waals surface area contributed by atoms with Crippen LogP contribution < -0.4 is 10.6 Å². The maximum absolute atomic E-state index is 11.6. The average Bonchev–Trinajstić information content (AvgIpc) is 2.58. The fourth-order valence-corrected chi connectivity index (χ4v) is 2.29. The minimum Gasteiger partial charge on any atom is -0.462 e. The third-order valence-corrected chi connectivity index (χ3v) is 3.02. The van der Waals surface area contributed by atoms with Gasteiger partial charge in [-0.1, -0.05) is 11.3 Å². The molecule has 0 fully saturated rings. The molecule has 2 N–H and O–H groups in total. The van der Waals surface area contributed by atoms with Crippen LogP contribution in [0.5, 0.6) is 0 Å². The van der Waals surface area contributed by atoms with E-state index >= 15 is 0 Å². The van der Waals surface area contributed by atoms with Crippen LogP contribution >= 0.6 is 23.6 Å². The first kappa shape index (κ1) is 14.5. The Kier molecular flexibility index (Phi) is 5.17. The van der Waals surface area contributed by atoms with Crippen molar-refractivity contribution in [3.05, 3.63) is 10.6 Å². The molecule has 1 aromatic rings. The van der Waals surface area contributed by atoms with Crippen LogP contribution in [0.3, 0.4) is 0 Å². The minimum absolute atomic E-state index is 0.145. The van der Waals surface area contributed by atoms with Crippen LogP contribution in [0.15, 0.2) is 0 Å². The lowest BCUT2D eigenvalue weighted by Gasteiger charge is -2.03. The number of nitrogens with one attached hydrogen (secondary N) is 2. The van der Waals surface area contributed by atoms with Gasteiger partial charge in [-0.15, -0.1) is 0 Å². The topological polar surface area (TPSA) is 80.3 Å². The lowest BCUT2D eigenvalue weighted by molar-refractivity contribution is -0.117. The molecule has 0 aromatic carbocycles. The molecular formula is C10H13N3O3S2. The van der Waals surface area contributed by atoms with E-state index < -0.39 is 5.97 Å². The number of ether oxygens (including phenoxy) is 1. The molecule has 18 heavy (non-hydrogen) atoms. The highest BCUT2D eigenvalue weighted by molar-refractivity contribution is 7.80. The Morgan fingerprint density at radius 1 is 1.50 bits per heavy atom. The summed E-state index contributed by atoms with van der Waals surface area (Å²) in [4.78, 5) is 26.9. The summed E-state index contributed by atoms with van der Waals surface area (Å²) in [5.41, 5.74) is 0.562.